The van der Waals surface area contributed by atoms with Crippen molar-refractivity contribution in [1.29, 1.82) is 0 Å². The molecule has 2 aromatic rings. The van der Waals surface area contributed by atoms with Gasteiger partial charge in [0.2, 0.25) is 15.9 Å². The molecule has 2 heterocycles. The van der Waals surface area contributed by atoms with E-state index in [0.29, 0.717) is 5.69 Å². The van der Waals surface area contributed by atoms with Crippen molar-refractivity contribution in [3.63, 3.8) is 0 Å². The number of hydrogen-bond acceptors (Lipinski definition) is 8. The Morgan fingerprint density at radius 2 is 1.95 bits per heavy atom. The standard InChI is InChI=1S/C28H40N4O7S/c1-17-14-32(18(2)16-33)28(35)22-12-9-13-23(29-27(34)21-10-7-6-8-11-21)25(22)38-24(17)15-31(5)40(36,37)26-19(3)30-39-20(26)4/h9,12-13,17-18,21,24,33H,6-8,10-11,14-16H2,1-5H3,(H,29,34)/t17-,18+,24-/m0/s1. The molecule has 1 aliphatic carbocycles. The monoisotopic (exact) mass is 576 g/mol. The third-order valence-electron chi connectivity index (χ3n) is 8.00. The lowest BCUT2D eigenvalue weighted by Gasteiger charge is -2.38. The molecule has 0 radical (unpaired) electrons. The van der Waals surface area contributed by atoms with Gasteiger partial charge in [-0.05, 0) is 45.7 Å². The van der Waals surface area contributed by atoms with Crippen molar-refractivity contribution in [3.8, 4) is 5.75 Å². The summed E-state index contributed by atoms with van der Waals surface area (Å²) in [5.74, 6) is -0.479. The average molecular weight is 577 g/mol. The zero-order valence-electron chi connectivity index (χ0n) is 23.8. The fourth-order valence-corrected chi connectivity index (χ4v) is 6.98. The Bertz CT molecular complexity index is 1320. The number of likely N-dealkylation sites (N-methyl/N-ethyl adjacent to an activating group) is 1. The first kappa shape index (κ1) is 30.0. The average Bonchev–Trinajstić information content (AvgIpc) is 3.29. The second-order valence-corrected chi connectivity index (χ2v) is 13.0. The molecule has 0 unspecified atom stereocenters. The molecule has 11 nitrogen and oxygen atoms in total. The van der Waals surface area contributed by atoms with Crippen LogP contribution in [0.1, 0.15) is 67.8 Å². The van der Waals surface area contributed by atoms with Gasteiger partial charge in [-0.15, -0.1) is 0 Å². The van der Waals surface area contributed by atoms with E-state index in [9.17, 15) is 23.1 Å². The SMILES string of the molecule is Cc1noc(C)c1S(=O)(=O)N(C)C[C@@H]1Oc2c(NC(=O)C3CCCCC3)cccc2C(=O)N([C@H](C)CO)C[C@@H]1C. The number of carbonyl (C=O) groups excluding carboxylic acids is 2. The van der Waals surface area contributed by atoms with E-state index >= 15 is 0 Å². The van der Waals surface area contributed by atoms with E-state index in [1.165, 1.54) is 11.4 Å². The van der Waals surface area contributed by atoms with E-state index in [4.69, 9.17) is 9.26 Å². The van der Waals surface area contributed by atoms with Crippen LogP contribution in [-0.4, -0.2) is 78.6 Å². The fraction of sp³-hybridized carbons (Fsp3) is 0.607. The molecule has 1 saturated carbocycles. The lowest BCUT2D eigenvalue weighted by atomic mass is 9.88. The van der Waals surface area contributed by atoms with Crippen molar-refractivity contribution < 1.29 is 32.4 Å². The zero-order valence-corrected chi connectivity index (χ0v) is 24.7. The van der Waals surface area contributed by atoms with Crippen LogP contribution in [0.5, 0.6) is 5.75 Å². The van der Waals surface area contributed by atoms with Gasteiger partial charge in [-0.1, -0.05) is 37.4 Å². The Balaban J connectivity index is 1.71. The molecular formula is C28H40N4O7S. The van der Waals surface area contributed by atoms with Crippen LogP contribution in [0.15, 0.2) is 27.6 Å². The Morgan fingerprint density at radius 1 is 1.25 bits per heavy atom. The topological polar surface area (TPSA) is 142 Å². The summed E-state index contributed by atoms with van der Waals surface area (Å²) in [5, 5.41) is 16.7. The van der Waals surface area contributed by atoms with E-state index in [-0.39, 0.29) is 71.0 Å². The Morgan fingerprint density at radius 3 is 2.58 bits per heavy atom. The van der Waals surface area contributed by atoms with Gasteiger partial charge in [0.1, 0.15) is 16.7 Å². The van der Waals surface area contributed by atoms with Crippen LogP contribution in [-0.2, 0) is 14.8 Å². The van der Waals surface area contributed by atoms with Crippen molar-refractivity contribution in [2.45, 2.75) is 76.8 Å². The van der Waals surface area contributed by atoms with Crippen molar-refractivity contribution >= 4 is 27.5 Å². The van der Waals surface area contributed by atoms with Gasteiger partial charge in [0.05, 0.1) is 30.4 Å². The molecular weight excluding hydrogens is 536 g/mol. The zero-order chi connectivity index (χ0) is 29.2. The molecule has 12 heteroatoms. The summed E-state index contributed by atoms with van der Waals surface area (Å²) in [6.07, 6.45) is 4.05. The van der Waals surface area contributed by atoms with Gasteiger partial charge < -0.3 is 24.6 Å². The molecule has 1 aromatic heterocycles. The summed E-state index contributed by atoms with van der Waals surface area (Å²) in [6.45, 7) is 6.72. The van der Waals surface area contributed by atoms with Crippen LogP contribution in [0.2, 0.25) is 0 Å². The van der Waals surface area contributed by atoms with Crippen LogP contribution in [0.3, 0.4) is 0 Å². The first-order chi connectivity index (χ1) is 18.9. The van der Waals surface area contributed by atoms with Crippen LogP contribution in [0, 0.1) is 25.7 Å². The minimum absolute atomic E-state index is 0.0139. The van der Waals surface area contributed by atoms with E-state index in [0.717, 1.165) is 32.1 Å². The predicted octanol–water partition coefficient (Wildman–Crippen LogP) is 3.35. The number of anilines is 1. The highest BCUT2D eigenvalue weighted by Crippen LogP contribution is 2.36. The maximum Gasteiger partial charge on any atom is 0.258 e. The molecule has 2 N–H and O–H groups in total. The number of rotatable bonds is 8. The number of sulfonamides is 1. The van der Waals surface area contributed by atoms with E-state index < -0.39 is 22.2 Å². The first-order valence-electron chi connectivity index (χ1n) is 13.9. The third kappa shape index (κ3) is 6.03. The molecule has 1 fully saturated rings. The molecule has 40 heavy (non-hydrogen) atoms. The number of fused-ring (bicyclic) bond motifs is 1. The summed E-state index contributed by atoms with van der Waals surface area (Å²) in [5.41, 5.74) is 0.880. The highest BCUT2D eigenvalue weighted by atomic mass is 32.2. The maximum absolute atomic E-state index is 13.7. The molecule has 2 aliphatic rings. The quantitative estimate of drug-likeness (QED) is 0.487. The highest BCUT2D eigenvalue weighted by Gasteiger charge is 2.37. The van der Waals surface area contributed by atoms with Gasteiger partial charge >= 0.3 is 0 Å². The Labute approximate surface area is 235 Å². The molecule has 1 aliphatic heterocycles. The summed E-state index contributed by atoms with van der Waals surface area (Å²) in [7, 11) is -2.50. The number of benzene rings is 1. The predicted molar refractivity (Wildman–Crippen MR) is 149 cm³/mol. The van der Waals surface area contributed by atoms with Crippen molar-refractivity contribution in [3.05, 3.63) is 35.2 Å². The van der Waals surface area contributed by atoms with Gasteiger partial charge in [0, 0.05) is 25.4 Å². The summed E-state index contributed by atoms with van der Waals surface area (Å²) < 4.78 is 39.8. The molecule has 2 amide bonds. The second kappa shape index (κ2) is 12.3. The number of aliphatic hydroxyl groups excluding tert-OH is 1. The largest absolute Gasteiger partial charge is 0.486 e. The van der Waals surface area contributed by atoms with Gasteiger partial charge in [-0.25, -0.2) is 8.42 Å². The van der Waals surface area contributed by atoms with Gasteiger partial charge in [-0.3, -0.25) is 9.59 Å². The number of aliphatic hydroxyl groups is 1. The van der Waals surface area contributed by atoms with E-state index in [1.54, 1.807) is 43.9 Å². The second-order valence-electron chi connectivity index (χ2n) is 11.1. The van der Waals surface area contributed by atoms with Gasteiger partial charge in [0.15, 0.2) is 11.5 Å². The Kier molecular flexibility index (Phi) is 9.21. The number of aromatic nitrogens is 1. The minimum Gasteiger partial charge on any atom is -0.486 e. The number of para-hydroxylation sites is 1. The molecule has 4 rings (SSSR count). The molecule has 1 aromatic carbocycles. The number of nitrogens with zero attached hydrogens (tertiary/aromatic N) is 3. The number of carbonyl (C=O) groups is 2. The molecule has 0 saturated heterocycles. The smallest absolute Gasteiger partial charge is 0.258 e. The number of aryl methyl sites for hydroxylation is 2. The lowest BCUT2D eigenvalue weighted by molar-refractivity contribution is -0.120. The summed E-state index contributed by atoms with van der Waals surface area (Å²) >= 11 is 0. The molecule has 0 spiro atoms. The van der Waals surface area contributed by atoms with Crippen LogP contribution in [0.25, 0.3) is 0 Å². The first-order valence-corrected chi connectivity index (χ1v) is 15.3. The minimum atomic E-state index is -3.96. The fourth-order valence-electron chi connectivity index (χ4n) is 5.51. The molecule has 3 atom stereocenters. The lowest BCUT2D eigenvalue weighted by Crippen LogP contribution is -2.50. The van der Waals surface area contributed by atoms with E-state index in [2.05, 4.69) is 10.5 Å². The Hall–Kier alpha value is -2.96. The number of ether oxygens (including phenoxy) is 1. The number of nitrogens with one attached hydrogen (secondary N) is 1. The molecule has 0 bridgehead atoms. The van der Waals surface area contributed by atoms with Gasteiger partial charge in [0.25, 0.3) is 5.91 Å². The van der Waals surface area contributed by atoms with Crippen LogP contribution < -0.4 is 10.1 Å². The normalized spacial score (nSPS) is 21.4. The van der Waals surface area contributed by atoms with E-state index in [1.807, 2.05) is 6.92 Å². The number of amides is 2. The third-order valence-corrected chi connectivity index (χ3v) is 10.1. The van der Waals surface area contributed by atoms with Crippen LogP contribution in [0.4, 0.5) is 5.69 Å². The van der Waals surface area contributed by atoms with Gasteiger partial charge in [-0.2, -0.15) is 4.31 Å². The number of hydrogen-bond donors (Lipinski definition) is 2. The van der Waals surface area contributed by atoms with Crippen LogP contribution >= 0.6 is 0 Å². The highest BCUT2D eigenvalue weighted by molar-refractivity contribution is 7.89. The summed E-state index contributed by atoms with van der Waals surface area (Å²) in [6, 6.07) is 4.53. The summed E-state index contributed by atoms with van der Waals surface area (Å²) in [4.78, 5) is 28.4. The van der Waals surface area contributed by atoms with Crippen molar-refractivity contribution in [2.24, 2.45) is 11.8 Å². The molecule has 220 valence electrons. The maximum atomic E-state index is 13.7. The van der Waals surface area contributed by atoms with Crippen molar-refractivity contribution in [1.82, 2.24) is 14.4 Å². The van der Waals surface area contributed by atoms with Crippen molar-refractivity contribution in [2.75, 3.05) is 32.1 Å².